The molecule has 2 unspecified atom stereocenters. The lowest BCUT2D eigenvalue weighted by Crippen LogP contribution is -2.50. The SMILES string of the molecule is CC(C)CC(=O)C1C(C)(C)C[C@H]2CC[C@]23C(C)[C@]13C. The summed E-state index contributed by atoms with van der Waals surface area (Å²) in [6, 6.07) is 0. The van der Waals surface area contributed by atoms with Gasteiger partial charge in [-0.3, -0.25) is 4.79 Å². The van der Waals surface area contributed by atoms with Crippen molar-refractivity contribution in [3.8, 4) is 0 Å². The van der Waals surface area contributed by atoms with Crippen LogP contribution in [0.15, 0.2) is 0 Å². The van der Waals surface area contributed by atoms with Gasteiger partial charge in [0.15, 0.2) is 0 Å². The summed E-state index contributed by atoms with van der Waals surface area (Å²) in [5.74, 6) is 3.02. The molecule has 0 saturated heterocycles. The Labute approximate surface area is 118 Å². The molecule has 0 amide bonds. The van der Waals surface area contributed by atoms with Crippen LogP contribution in [0.3, 0.4) is 0 Å². The number of ketones is 1. The van der Waals surface area contributed by atoms with Crippen LogP contribution in [0.25, 0.3) is 0 Å². The van der Waals surface area contributed by atoms with Crippen LogP contribution >= 0.6 is 0 Å². The molecule has 0 aliphatic heterocycles. The quantitative estimate of drug-likeness (QED) is 0.720. The number of hydrogen-bond donors (Lipinski definition) is 0. The lowest BCUT2D eigenvalue weighted by atomic mass is 9.49. The molecular formula is C18H30O. The average molecular weight is 262 g/mol. The zero-order chi connectivity index (χ0) is 14.2. The minimum absolute atomic E-state index is 0.208. The van der Waals surface area contributed by atoms with Gasteiger partial charge in [0.05, 0.1) is 0 Å². The number of Topliss-reactive ketones (excluding diaryl/α,β-unsaturated/α-hetero) is 1. The van der Waals surface area contributed by atoms with E-state index in [0.29, 0.717) is 28.4 Å². The van der Waals surface area contributed by atoms with Gasteiger partial charge < -0.3 is 0 Å². The van der Waals surface area contributed by atoms with E-state index in [0.717, 1.165) is 18.3 Å². The average Bonchev–Trinajstić information content (AvgIpc) is 2.72. The van der Waals surface area contributed by atoms with Gasteiger partial charge in [-0.25, -0.2) is 0 Å². The van der Waals surface area contributed by atoms with E-state index in [4.69, 9.17) is 0 Å². The van der Waals surface area contributed by atoms with E-state index < -0.39 is 0 Å². The molecule has 0 aromatic heterocycles. The predicted octanol–water partition coefficient (Wildman–Crippen LogP) is 4.70. The standard InChI is InChI=1S/C18H30O/c1-11(2)9-14(19)15-16(4,5)10-13-7-8-18(13)12(3)17(15,18)6/h11-13,15H,7-10H2,1-6H3/t12?,13-,15?,17-,18+/m1/s1. The lowest BCUT2D eigenvalue weighted by molar-refractivity contribution is -0.140. The van der Waals surface area contributed by atoms with Crippen LogP contribution < -0.4 is 0 Å². The molecule has 1 heteroatoms. The van der Waals surface area contributed by atoms with E-state index in [1.807, 2.05) is 0 Å². The molecule has 5 atom stereocenters. The number of rotatable bonds is 3. The van der Waals surface area contributed by atoms with Gasteiger partial charge >= 0.3 is 0 Å². The van der Waals surface area contributed by atoms with Gasteiger partial charge in [-0.05, 0) is 53.3 Å². The van der Waals surface area contributed by atoms with Gasteiger partial charge in [-0.15, -0.1) is 0 Å². The monoisotopic (exact) mass is 262 g/mol. The van der Waals surface area contributed by atoms with E-state index in [2.05, 4.69) is 41.5 Å². The van der Waals surface area contributed by atoms with Crippen molar-refractivity contribution in [1.29, 1.82) is 0 Å². The van der Waals surface area contributed by atoms with Crippen LogP contribution in [0, 0.1) is 39.9 Å². The van der Waals surface area contributed by atoms with Gasteiger partial charge in [-0.2, -0.15) is 0 Å². The Morgan fingerprint density at radius 3 is 2.37 bits per heavy atom. The van der Waals surface area contributed by atoms with Gasteiger partial charge in [0.25, 0.3) is 0 Å². The van der Waals surface area contributed by atoms with E-state index >= 15 is 0 Å². The topological polar surface area (TPSA) is 17.1 Å². The first kappa shape index (κ1) is 13.6. The zero-order valence-electron chi connectivity index (χ0n) is 13.5. The molecule has 0 aromatic rings. The predicted molar refractivity (Wildman–Crippen MR) is 78.8 cm³/mol. The van der Waals surface area contributed by atoms with Gasteiger partial charge in [-0.1, -0.05) is 41.5 Å². The first-order chi connectivity index (χ1) is 8.68. The summed E-state index contributed by atoms with van der Waals surface area (Å²) in [7, 11) is 0. The van der Waals surface area contributed by atoms with Crippen LogP contribution in [0.5, 0.6) is 0 Å². The number of carbonyl (C=O) groups excluding carboxylic acids is 1. The van der Waals surface area contributed by atoms with Crippen molar-refractivity contribution in [2.45, 2.75) is 67.2 Å². The molecule has 108 valence electrons. The Hall–Kier alpha value is -0.330. The highest BCUT2D eigenvalue weighted by molar-refractivity contribution is 5.84. The largest absolute Gasteiger partial charge is 0.299 e. The Balaban J connectivity index is 1.95. The molecule has 3 rings (SSSR count). The second-order valence-electron chi connectivity index (χ2n) is 8.97. The van der Waals surface area contributed by atoms with E-state index in [1.165, 1.54) is 19.3 Å². The summed E-state index contributed by atoms with van der Waals surface area (Å²) < 4.78 is 0. The van der Waals surface area contributed by atoms with Crippen molar-refractivity contribution in [2.24, 2.45) is 39.9 Å². The first-order valence-corrected chi connectivity index (χ1v) is 8.20. The van der Waals surface area contributed by atoms with Crippen LogP contribution in [-0.4, -0.2) is 5.78 Å². The summed E-state index contributed by atoms with van der Waals surface area (Å²) in [4.78, 5) is 12.9. The normalized spacial score (nSPS) is 50.2. The second-order valence-corrected chi connectivity index (χ2v) is 8.97. The van der Waals surface area contributed by atoms with E-state index in [9.17, 15) is 4.79 Å². The maximum absolute atomic E-state index is 12.9. The fourth-order valence-corrected chi connectivity index (χ4v) is 6.59. The molecule has 19 heavy (non-hydrogen) atoms. The highest BCUT2D eigenvalue weighted by Crippen LogP contribution is 2.87. The van der Waals surface area contributed by atoms with Gasteiger partial charge in [0.2, 0.25) is 0 Å². The lowest BCUT2D eigenvalue weighted by Gasteiger charge is -2.55. The molecule has 1 spiro atoms. The van der Waals surface area contributed by atoms with Crippen LogP contribution in [0.2, 0.25) is 0 Å². The summed E-state index contributed by atoms with van der Waals surface area (Å²) in [5.41, 5.74) is 1.07. The molecule has 3 saturated carbocycles. The van der Waals surface area contributed by atoms with Crippen molar-refractivity contribution in [3.05, 3.63) is 0 Å². The third kappa shape index (κ3) is 1.40. The molecule has 3 fully saturated rings. The third-order valence-electron chi connectivity index (χ3n) is 7.31. The van der Waals surface area contributed by atoms with Gasteiger partial charge in [0.1, 0.15) is 5.78 Å². The Kier molecular flexibility index (Phi) is 2.62. The summed E-state index contributed by atoms with van der Waals surface area (Å²) >= 11 is 0. The Morgan fingerprint density at radius 1 is 1.26 bits per heavy atom. The second kappa shape index (κ2) is 3.65. The summed E-state index contributed by atoms with van der Waals surface area (Å²) in [5, 5.41) is 0. The van der Waals surface area contributed by atoms with Crippen molar-refractivity contribution >= 4 is 5.78 Å². The highest BCUT2D eigenvalue weighted by Gasteiger charge is 2.83. The number of carbonyl (C=O) groups is 1. The minimum atomic E-state index is 0.208. The molecule has 0 bridgehead atoms. The molecule has 3 aliphatic carbocycles. The fourth-order valence-electron chi connectivity index (χ4n) is 6.59. The van der Waals surface area contributed by atoms with Crippen LogP contribution in [0.1, 0.15) is 67.2 Å². The van der Waals surface area contributed by atoms with Crippen molar-refractivity contribution in [1.82, 2.24) is 0 Å². The van der Waals surface area contributed by atoms with Crippen molar-refractivity contribution in [3.63, 3.8) is 0 Å². The molecule has 0 aromatic carbocycles. The molecule has 0 heterocycles. The minimum Gasteiger partial charge on any atom is -0.299 e. The van der Waals surface area contributed by atoms with Gasteiger partial charge in [0, 0.05) is 12.3 Å². The molecule has 0 N–H and O–H groups in total. The summed E-state index contributed by atoms with van der Waals surface area (Å²) in [6.45, 7) is 13.9. The van der Waals surface area contributed by atoms with Crippen LogP contribution in [0.4, 0.5) is 0 Å². The maximum atomic E-state index is 12.9. The van der Waals surface area contributed by atoms with Crippen molar-refractivity contribution in [2.75, 3.05) is 0 Å². The van der Waals surface area contributed by atoms with Crippen LogP contribution in [-0.2, 0) is 4.79 Å². The smallest absolute Gasteiger partial charge is 0.137 e. The third-order valence-corrected chi connectivity index (χ3v) is 7.31. The van der Waals surface area contributed by atoms with Crippen molar-refractivity contribution < 1.29 is 4.79 Å². The number of hydrogen-bond acceptors (Lipinski definition) is 1. The Morgan fingerprint density at radius 2 is 1.89 bits per heavy atom. The zero-order valence-corrected chi connectivity index (χ0v) is 13.5. The van der Waals surface area contributed by atoms with E-state index in [-0.39, 0.29) is 5.41 Å². The molecule has 0 radical (unpaired) electrons. The summed E-state index contributed by atoms with van der Waals surface area (Å²) in [6.07, 6.45) is 4.85. The van der Waals surface area contributed by atoms with E-state index in [1.54, 1.807) is 0 Å². The fraction of sp³-hybridized carbons (Fsp3) is 0.944. The molecule has 3 aliphatic rings. The molecule has 1 nitrogen and oxygen atoms in total. The maximum Gasteiger partial charge on any atom is 0.137 e. The first-order valence-electron chi connectivity index (χ1n) is 8.20. The molecular weight excluding hydrogens is 232 g/mol. The Bertz CT molecular complexity index is 421. The highest BCUT2D eigenvalue weighted by atomic mass is 16.1.